The average Bonchev–Trinajstić information content (AvgIpc) is 2.34. The Balaban J connectivity index is 2.85. The van der Waals surface area contributed by atoms with Crippen LogP contribution in [0.1, 0.15) is 10.4 Å². The molecule has 1 aromatic rings. The van der Waals surface area contributed by atoms with Gasteiger partial charge in [-0.15, -0.1) is 11.6 Å². The lowest BCUT2D eigenvalue weighted by Crippen LogP contribution is -1.96. The average molecular weight is 223 g/mol. The van der Waals surface area contributed by atoms with Crippen LogP contribution in [-0.4, -0.2) is 11.7 Å². The van der Waals surface area contributed by atoms with Gasteiger partial charge in [-0.05, 0) is 15.9 Å². The summed E-state index contributed by atoms with van der Waals surface area (Å²) in [4.78, 5) is 10.8. The van der Waals surface area contributed by atoms with Gasteiger partial charge in [0.25, 0.3) is 0 Å². The summed E-state index contributed by atoms with van der Waals surface area (Å²) in [5, 5.41) is 0. The zero-order valence-electron chi connectivity index (χ0n) is 4.93. The van der Waals surface area contributed by atoms with Crippen LogP contribution in [0.25, 0.3) is 0 Å². The number of ketones is 1. The summed E-state index contributed by atoms with van der Waals surface area (Å²) in [6, 6.07) is 1.59. The standard InChI is InChI=1S/C6H4BrClO2/c7-6-1-4(3-10-6)5(9)2-8/h1,3H,2H2. The number of carbonyl (C=O) groups excluding carboxylic acids is 1. The molecule has 1 aromatic heterocycles. The van der Waals surface area contributed by atoms with Gasteiger partial charge in [-0.3, -0.25) is 4.79 Å². The number of hydrogen-bond acceptors (Lipinski definition) is 2. The minimum atomic E-state index is -0.129. The van der Waals surface area contributed by atoms with Gasteiger partial charge in [0.2, 0.25) is 0 Å². The molecule has 0 amide bonds. The molecular weight excluding hydrogens is 219 g/mol. The van der Waals surface area contributed by atoms with E-state index >= 15 is 0 Å². The first-order valence-electron chi connectivity index (χ1n) is 2.57. The Labute approximate surface area is 71.3 Å². The molecule has 0 aliphatic rings. The van der Waals surface area contributed by atoms with Crippen LogP contribution in [-0.2, 0) is 0 Å². The Hall–Kier alpha value is -0.280. The van der Waals surface area contributed by atoms with Crippen LogP contribution >= 0.6 is 27.5 Å². The molecule has 0 spiro atoms. The lowest BCUT2D eigenvalue weighted by atomic mass is 10.2. The molecule has 0 unspecified atom stereocenters. The second-order valence-corrected chi connectivity index (χ2v) is 2.75. The first-order valence-corrected chi connectivity index (χ1v) is 3.90. The second kappa shape index (κ2) is 3.21. The van der Waals surface area contributed by atoms with Gasteiger partial charge in [-0.2, -0.15) is 0 Å². The molecule has 0 N–H and O–H groups in total. The largest absolute Gasteiger partial charge is 0.457 e. The molecule has 0 bridgehead atoms. The lowest BCUT2D eigenvalue weighted by molar-refractivity contribution is 0.102. The SMILES string of the molecule is O=C(CCl)c1coc(Br)c1. The van der Waals surface area contributed by atoms with Crippen LogP contribution < -0.4 is 0 Å². The zero-order valence-corrected chi connectivity index (χ0v) is 7.28. The lowest BCUT2D eigenvalue weighted by Gasteiger charge is -1.84. The van der Waals surface area contributed by atoms with Crippen molar-refractivity contribution < 1.29 is 9.21 Å². The van der Waals surface area contributed by atoms with Crippen molar-refractivity contribution in [3.05, 3.63) is 22.6 Å². The van der Waals surface area contributed by atoms with Gasteiger partial charge in [-0.1, -0.05) is 0 Å². The van der Waals surface area contributed by atoms with Crippen molar-refractivity contribution in [3.63, 3.8) is 0 Å². The highest BCUT2D eigenvalue weighted by molar-refractivity contribution is 9.10. The number of halogens is 2. The van der Waals surface area contributed by atoms with E-state index in [4.69, 9.17) is 16.0 Å². The summed E-state index contributed by atoms with van der Waals surface area (Å²) >= 11 is 8.36. The molecule has 1 heterocycles. The maximum atomic E-state index is 10.8. The van der Waals surface area contributed by atoms with E-state index in [1.54, 1.807) is 6.07 Å². The van der Waals surface area contributed by atoms with Crippen molar-refractivity contribution >= 4 is 33.3 Å². The first kappa shape index (κ1) is 7.82. The summed E-state index contributed by atoms with van der Waals surface area (Å²) < 4.78 is 5.37. The van der Waals surface area contributed by atoms with Crippen LogP contribution in [0.3, 0.4) is 0 Å². The Bertz CT molecular complexity index is 244. The predicted molar refractivity (Wildman–Crippen MR) is 41.5 cm³/mol. The molecular formula is C6H4BrClO2. The van der Waals surface area contributed by atoms with Crippen molar-refractivity contribution in [2.75, 3.05) is 5.88 Å². The minimum Gasteiger partial charge on any atom is -0.457 e. The van der Waals surface area contributed by atoms with Crippen molar-refractivity contribution in [1.82, 2.24) is 0 Å². The van der Waals surface area contributed by atoms with E-state index in [2.05, 4.69) is 15.9 Å². The van der Waals surface area contributed by atoms with Gasteiger partial charge in [-0.25, -0.2) is 0 Å². The Morgan fingerprint density at radius 2 is 2.50 bits per heavy atom. The maximum absolute atomic E-state index is 10.8. The third-order valence-electron chi connectivity index (χ3n) is 1.01. The number of alkyl halides is 1. The molecule has 0 saturated heterocycles. The number of hydrogen-bond donors (Lipinski definition) is 0. The number of rotatable bonds is 2. The predicted octanol–water partition coefficient (Wildman–Crippen LogP) is 2.46. The fraction of sp³-hybridized carbons (Fsp3) is 0.167. The highest BCUT2D eigenvalue weighted by atomic mass is 79.9. The van der Waals surface area contributed by atoms with Crippen molar-refractivity contribution in [1.29, 1.82) is 0 Å². The zero-order chi connectivity index (χ0) is 7.56. The summed E-state index contributed by atoms with van der Waals surface area (Å²) in [5.41, 5.74) is 0.502. The van der Waals surface area contributed by atoms with E-state index in [1.807, 2.05) is 0 Å². The fourth-order valence-electron chi connectivity index (χ4n) is 0.533. The third kappa shape index (κ3) is 1.61. The molecule has 10 heavy (non-hydrogen) atoms. The Kier molecular flexibility index (Phi) is 2.51. The quantitative estimate of drug-likeness (QED) is 0.569. The van der Waals surface area contributed by atoms with E-state index in [0.717, 1.165) is 0 Å². The van der Waals surface area contributed by atoms with E-state index in [-0.39, 0.29) is 11.7 Å². The van der Waals surface area contributed by atoms with Crippen LogP contribution in [0.5, 0.6) is 0 Å². The molecule has 54 valence electrons. The molecule has 0 aliphatic heterocycles. The fourth-order valence-corrected chi connectivity index (χ4v) is 1.03. The Morgan fingerprint density at radius 3 is 2.90 bits per heavy atom. The highest BCUT2D eigenvalue weighted by Gasteiger charge is 2.06. The third-order valence-corrected chi connectivity index (χ3v) is 1.67. The van der Waals surface area contributed by atoms with Gasteiger partial charge >= 0.3 is 0 Å². The van der Waals surface area contributed by atoms with Gasteiger partial charge < -0.3 is 4.42 Å². The van der Waals surface area contributed by atoms with E-state index < -0.39 is 0 Å². The summed E-state index contributed by atoms with van der Waals surface area (Å²) in [6.07, 6.45) is 1.37. The molecule has 2 nitrogen and oxygen atoms in total. The monoisotopic (exact) mass is 222 g/mol. The van der Waals surface area contributed by atoms with Crippen LogP contribution in [0.4, 0.5) is 0 Å². The van der Waals surface area contributed by atoms with Gasteiger partial charge in [0.05, 0.1) is 11.4 Å². The van der Waals surface area contributed by atoms with Gasteiger partial charge in [0, 0.05) is 6.07 Å². The maximum Gasteiger partial charge on any atom is 0.180 e. The van der Waals surface area contributed by atoms with Gasteiger partial charge in [0.15, 0.2) is 10.5 Å². The molecule has 0 fully saturated rings. The van der Waals surface area contributed by atoms with Crippen molar-refractivity contribution in [2.45, 2.75) is 0 Å². The normalized spacial score (nSPS) is 9.80. The highest BCUT2D eigenvalue weighted by Crippen LogP contribution is 2.14. The summed E-state index contributed by atoms with van der Waals surface area (Å²) in [6.45, 7) is 0. The first-order chi connectivity index (χ1) is 4.74. The van der Waals surface area contributed by atoms with E-state index in [1.165, 1.54) is 6.26 Å². The van der Waals surface area contributed by atoms with E-state index in [9.17, 15) is 4.79 Å². The van der Waals surface area contributed by atoms with E-state index in [0.29, 0.717) is 10.2 Å². The second-order valence-electron chi connectivity index (χ2n) is 1.70. The molecule has 0 radical (unpaired) electrons. The molecule has 1 rings (SSSR count). The molecule has 4 heteroatoms. The smallest absolute Gasteiger partial charge is 0.180 e. The van der Waals surface area contributed by atoms with Crippen LogP contribution in [0, 0.1) is 0 Å². The molecule has 0 aromatic carbocycles. The summed E-state index contributed by atoms with van der Waals surface area (Å²) in [7, 11) is 0. The number of Topliss-reactive ketones (excluding diaryl/α,β-unsaturated/α-hetero) is 1. The number of carbonyl (C=O) groups is 1. The van der Waals surface area contributed by atoms with Crippen molar-refractivity contribution in [2.24, 2.45) is 0 Å². The minimum absolute atomic E-state index is 0.00796. The van der Waals surface area contributed by atoms with Crippen LogP contribution in [0.2, 0.25) is 0 Å². The molecule has 0 atom stereocenters. The topological polar surface area (TPSA) is 30.2 Å². The van der Waals surface area contributed by atoms with Crippen molar-refractivity contribution in [3.8, 4) is 0 Å². The summed E-state index contributed by atoms with van der Waals surface area (Å²) in [5.74, 6) is -0.137. The molecule has 0 aliphatic carbocycles. The Morgan fingerprint density at radius 1 is 1.80 bits per heavy atom. The van der Waals surface area contributed by atoms with Crippen LogP contribution in [0.15, 0.2) is 21.4 Å². The molecule has 0 saturated carbocycles. The van der Waals surface area contributed by atoms with Gasteiger partial charge in [0.1, 0.15) is 6.26 Å². The number of furan rings is 1.